The van der Waals surface area contributed by atoms with Crippen LogP contribution in [0.3, 0.4) is 0 Å². The van der Waals surface area contributed by atoms with E-state index >= 15 is 0 Å². The van der Waals surface area contributed by atoms with Crippen LogP contribution in [0.1, 0.15) is 70.6 Å². The minimum absolute atomic E-state index is 0.0813. The average Bonchev–Trinajstić information content (AvgIpc) is 2.25. The summed E-state index contributed by atoms with van der Waals surface area (Å²) < 4.78 is 0. The Morgan fingerprint density at radius 3 is 1.75 bits per heavy atom. The Morgan fingerprint density at radius 1 is 0.875 bits per heavy atom. The lowest BCUT2D eigenvalue weighted by atomic mass is 10.1. The molecule has 0 aromatic rings. The average molecular weight is 241 g/mol. The largest absolute Gasteiger partial charge is 0.742 e. The SMILES string of the molecule is C=CCCCCCCCCCCCC(=O)[S-]. The van der Waals surface area contributed by atoms with Crippen LogP contribution in [-0.4, -0.2) is 5.12 Å². The number of hydrogen-bond donors (Lipinski definition) is 0. The van der Waals surface area contributed by atoms with E-state index < -0.39 is 0 Å². The van der Waals surface area contributed by atoms with Crippen LogP contribution in [0.4, 0.5) is 0 Å². The van der Waals surface area contributed by atoms with Gasteiger partial charge >= 0.3 is 0 Å². The van der Waals surface area contributed by atoms with Crippen molar-refractivity contribution in [2.75, 3.05) is 0 Å². The monoisotopic (exact) mass is 241 g/mol. The summed E-state index contributed by atoms with van der Waals surface area (Å²) in [6, 6.07) is 0. The second-order valence-corrected chi connectivity index (χ2v) is 4.84. The number of carbonyl (C=O) groups is 1. The molecule has 0 aromatic carbocycles. The maximum absolute atomic E-state index is 10.5. The van der Waals surface area contributed by atoms with Crippen molar-refractivity contribution in [2.45, 2.75) is 70.6 Å². The van der Waals surface area contributed by atoms with E-state index in [-0.39, 0.29) is 5.12 Å². The van der Waals surface area contributed by atoms with Crippen LogP contribution < -0.4 is 0 Å². The molecule has 0 amide bonds. The molecule has 0 saturated heterocycles. The van der Waals surface area contributed by atoms with E-state index in [0.717, 1.165) is 12.8 Å². The number of carbonyl (C=O) groups excluding carboxylic acids is 1. The van der Waals surface area contributed by atoms with Crippen molar-refractivity contribution >= 4 is 17.7 Å². The zero-order valence-corrected chi connectivity index (χ0v) is 11.2. The van der Waals surface area contributed by atoms with Crippen LogP contribution >= 0.6 is 0 Å². The first-order chi connectivity index (χ1) is 7.77. The van der Waals surface area contributed by atoms with Gasteiger partial charge in [-0.05, 0) is 25.7 Å². The normalized spacial score (nSPS) is 10.2. The zero-order valence-electron chi connectivity index (χ0n) is 10.4. The molecule has 0 N–H and O–H groups in total. The van der Waals surface area contributed by atoms with E-state index in [1.807, 2.05) is 6.08 Å². The summed E-state index contributed by atoms with van der Waals surface area (Å²) in [4.78, 5) is 10.5. The van der Waals surface area contributed by atoms with Crippen molar-refractivity contribution in [3.8, 4) is 0 Å². The van der Waals surface area contributed by atoms with Crippen LogP contribution in [0, 0.1) is 0 Å². The molecule has 0 atom stereocenters. The molecule has 0 spiro atoms. The Hall–Kier alpha value is -0.370. The molecule has 0 aliphatic carbocycles. The Balaban J connectivity index is 2.93. The van der Waals surface area contributed by atoms with Crippen LogP contribution in [0.2, 0.25) is 0 Å². The highest BCUT2D eigenvalue weighted by molar-refractivity contribution is 7.77. The minimum atomic E-state index is -0.0813. The van der Waals surface area contributed by atoms with Gasteiger partial charge in [-0.1, -0.05) is 51.0 Å². The molecule has 0 fully saturated rings. The lowest BCUT2D eigenvalue weighted by molar-refractivity contribution is -0.111. The molecule has 16 heavy (non-hydrogen) atoms. The number of hydrogen-bond acceptors (Lipinski definition) is 2. The lowest BCUT2D eigenvalue weighted by Gasteiger charge is -2.03. The van der Waals surface area contributed by atoms with Crippen LogP contribution in [-0.2, 0) is 17.4 Å². The summed E-state index contributed by atoms with van der Waals surface area (Å²) in [7, 11) is 0. The van der Waals surface area contributed by atoms with Gasteiger partial charge in [-0.3, -0.25) is 0 Å². The molecule has 0 rings (SSSR count). The van der Waals surface area contributed by atoms with Crippen molar-refractivity contribution < 1.29 is 4.79 Å². The van der Waals surface area contributed by atoms with Crippen LogP contribution in [0.5, 0.6) is 0 Å². The molecule has 0 aromatic heterocycles. The fraction of sp³-hybridized carbons (Fsp3) is 0.786. The van der Waals surface area contributed by atoms with Crippen LogP contribution in [0.25, 0.3) is 0 Å². The molecule has 2 heteroatoms. The fourth-order valence-corrected chi connectivity index (χ4v) is 1.94. The van der Waals surface area contributed by atoms with E-state index in [9.17, 15) is 4.79 Å². The predicted molar refractivity (Wildman–Crippen MR) is 73.4 cm³/mol. The quantitative estimate of drug-likeness (QED) is 0.283. The Bertz CT molecular complexity index is 178. The molecule has 94 valence electrons. The highest BCUT2D eigenvalue weighted by atomic mass is 32.1. The first kappa shape index (κ1) is 15.6. The minimum Gasteiger partial charge on any atom is -0.742 e. The number of rotatable bonds is 12. The second kappa shape index (κ2) is 12.7. The van der Waals surface area contributed by atoms with Crippen molar-refractivity contribution in [3.63, 3.8) is 0 Å². The van der Waals surface area contributed by atoms with Gasteiger partial charge in [0.2, 0.25) is 0 Å². The van der Waals surface area contributed by atoms with Gasteiger partial charge in [-0.15, -0.1) is 6.58 Å². The molecule has 0 bridgehead atoms. The first-order valence-corrected chi connectivity index (χ1v) is 6.99. The zero-order chi connectivity index (χ0) is 12.1. The highest BCUT2D eigenvalue weighted by Gasteiger charge is 1.92. The van der Waals surface area contributed by atoms with E-state index in [2.05, 4.69) is 19.2 Å². The highest BCUT2D eigenvalue weighted by Crippen LogP contribution is 2.11. The Morgan fingerprint density at radius 2 is 1.31 bits per heavy atom. The van der Waals surface area contributed by atoms with E-state index in [1.54, 1.807) is 0 Å². The number of unbranched alkanes of at least 4 members (excludes halogenated alkanes) is 9. The molecular formula is C14H25OS-. The van der Waals surface area contributed by atoms with Gasteiger partial charge in [0.15, 0.2) is 0 Å². The van der Waals surface area contributed by atoms with Crippen molar-refractivity contribution in [3.05, 3.63) is 12.7 Å². The van der Waals surface area contributed by atoms with Gasteiger partial charge in [0.1, 0.15) is 0 Å². The van der Waals surface area contributed by atoms with Gasteiger partial charge in [-0.2, -0.15) is 0 Å². The Labute approximate surface area is 106 Å². The van der Waals surface area contributed by atoms with Crippen LogP contribution in [0.15, 0.2) is 12.7 Å². The summed E-state index contributed by atoms with van der Waals surface area (Å²) in [5, 5.41) is -0.0813. The van der Waals surface area contributed by atoms with Gasteiger partial charge in [0.25, 0.3) is 0 Å². The number of allylic oxidation sites excluding steroid dienone is 1. The van der Waals surface area contributed by atoms with E-state index in [1.165, 1.54) is 51.4 Å². The second-order valence-electron chi connectivity index (χ2n) is 4.38. The smallest absolute Gasteiger partial charge is 0.0119 e. The fourth-order valence-electron chi connectivity index (χ4n) is 1.80. The molecule has 0 aliphatic heterocycles. The Kier molecular flexibility index (Phi) is 12.4. The maximum Gasteiger partial charge on any atom is 0.0119 e. The standard InChI is InChI=1S/C14H26OS/c1-2-3-4-5-6-7-8-9-10-11-12-13-14(15)16/h2H,1,3-13H2,(H,15,16)/p-1. The van der Waals surface area contributed by atoms with Gasteiger partial charge in [0, 0.05) is 5.12 Å². The van der Waals surface area contributed by atoms with Crippen molar-refractivity contribution in [1.82, 2.24) is 0 Å². The molecule has 0 radical (unpaired) electrons. The molecular weight excluding hydrogens is 216 g/mol. The van der Waals surface area contributed by atoms with Crippen molar-refractivity contribution in [1.29, 1.82) is 0 Å². The molecule has 0 saturated carbocycles. The predicted octanol–water partition coefficient (Wildman–Crippen LogP) is 4.54. The summed E-state index contributed by atoms with van der Waals surface area (Å²) in [5.41, 5.74) is 0. The van der Waals surface area contributed by atoms with Gasteiger partial charge < -0.3 is 17.4 Å². The third kappa shape index (κ3) is 13.6. The molecule has 1 nitrogen and oxygen atoms in total. The third-order valence-corrected chi connectivity index (χ3v) is 2.99. The summed E-state index contributed by atoms with van der Waals surface area (Å²) in [5.74, 6) is 0. The summed E-state index contributed by atoms with van der Waals surface area (Å²) >= 11 is 4.50. The van der Waals surface area contributed by atoms with Crippen molar-refractivity contribution in [2.24, 2.45) is 0 Å². The third-order valence-electron chi connectivity index (χ3n) is 2.79. The van der Waals surface area contributed by atoms with E-state index in [0.29, 0.717) is 6.42 Å². The molecule has 0 heterocycles. The van der Waals surface area contributed by atoms with Gasteiger partial charge in [0.05, 0.1) is 0 Å². The summed E-state index contributed by atoms with van der Waals surface area (Å²) in [6.07, 6.45) is 15.2. The van der Waals surface area contributed by atoms with E-state index in [4.69, 9.17) is 0 Å². The maximum atomic E-state index is 10.5. The summed E-state index contributed by atoms with van der Waals surface area (Å²) in [6.45, 7) is 3.72. The topological polar surface area (TPSA) is 17.1 Å². The lowest BCUT2D eigenvalue weighted by Crippen LogP contribution is -1.90. The molecule has 0 aliphatic rings. The van der Waals surface area contributed by atoms with Gasteiger partial charge in [-0.25, -0.2) is 0 Å². The molecule has 0 unspecified atom stereocenters. The first-order valence-electron chi connectivity index (χ1n) is 6.58.